The SMILES string of the molecule is [CH2-]C1(C)CC2=C(C(O)N1C)[C@@H](c1c(OC)ccc(-c3ccccn3)c1C(=O)O)C1=C(CC(C)(C)CC1=O)O2. The van der Waals surface area contributed by atoms with Crippen molar-refractivity contribution in [2.45, 2.75) is 57.7 Å². The molecule has 0 fully saturated rings. The Morgan fingerprint density at radius 3 is 2.53 bits per heavy atom. The van der Waals surface area contributed by atoms with Gasteiger partial charge in [0.2, 0.25) is 0 Å². The number of nitrogens with zero attached hydrogens (tertiary/aromatic N) is 2. The van der Waals surface area contributed by atoms with Gasteiger partial charge in [0.15, 0.2) is 5.78 Å². The molecule has 8 nitrogen and oxygen atoms in total. The van der Waals surface area contributed by atoms with Crippen LogP contribution in [0.2, 0.25) is 0 Å². The Morgan fingerprint density at radius 1 is 1.16 bits per heavy atom. The molecule has 0 radical (unpaired) electrons. The monoisotopic (exact) mass is 517 g/mol. The number of aliphatic hydroxyl groups is 1. The van der Waals surface area contributed by atoms with Crippen LogP contribution < -0.4 is 4.74 Å². The van der Waals surface area contributed by atoms with Gasteiger partial charge in [0.1, 0.15) is 23.5 Å². The predicted octanol–water partition coefficient (Wildman–Crippen LogP) is 4.71. The number of carboxylic acids is 1. The summed E-state index contributed by atoms with van der Waals surface area (Å²) in [7, 11) is 3.23. The molecule has 1 aromatic carbocycles. The van der Waals surface area contributed by atoms with Gasteiger partial charge in [0, 0.05) is 47.2 Å². The maximum atomic E-state index is 13.8. The van der Waals surface area contributed by atoms with E-state index < -0.39 is 23.7 Å². The largest absolute Gasteiger partial charge is 0.496 e. The fraction of sp³-hybridized carbons (Fsp3) is 0.400. The van der Waals surface area contributed by atoms with E-state index in [1.807, 2.05) is 20.8 Å². The lowest BCUT2D eigenvalue weighted by Gasteiger charge is -2.53. The first-order valence-electron chi connectivity index (χ1n) is 12.7. The number of likely N-dealkylation sites (N-methyl/N-ethyl adjacent to an activating group) is 1. The summed E-state index contributed by atoms with van der Waals surface area (Å²) >= 11 is 0. The topological polar surface area (TPSA) is 109 Å². The molecule has 3 atom stereocenters. The summed E-state index contributed by atoms with van der Waals surface area (Å²) in [5.41, 5.74) is 0.974. The van der Waals surface area contributed by atoms with Gasteiger partial charge in [-0.15, -0.1) is 0 Å². The molecule has 0 saturated carbocycles. The number of aromatic carboxylic acids is 1. The van der Waals surface area contributed by atoms with Crippen LogP contribution in [0.3, 0.4) is 0 Å². The van der Waals surface area contributed by atoms with Crippen LogP contribution in [-0.4, -0.2) is 57.8 Å². The highest BCUT2D eigenvalue weighted by atomic mass is 16.5. The molecular formula is C30H33N2O6-. The Balaban J connectivity index is 1.86. The Morgan fingerprint density at radius 2 is 1.89 bits per heavy atom. The fourth-order valence-corrected chi connectivity index (χ4v) is 5.95. The summed E-state index contributed by atoms with van der Waals surface area (Å²) in [6, 6.07) is 8.65. The first-order chi connectivity index (χ1) is 17.9. The predicted molar refractivity (Wildman–Crippen MR) is 141 cm³/mol. The molecule has 2 N–H and O–H groups in total. The first kappa shape index (κ1) is 26.1. The van der Waals surface area contributed by atoms with Crippen molar-refractivity contribution in [1.82, 2.24) is 9.88 Å². The van der Waals surface area contributed by atoms with E-state index in [4.69, 9.17) is 9.47 Å². The molecule has 0 spiro atoms. The molecule has 2 aromatic rings. The zero-order valence-corrected chi connectivity index (χ0v) is 22.4. The van der Waals surface area contributed by atoms with Gasteiger partial charge < -0.3 is 31.5 Å². The average molecular weight is 518 g/mol. The molecule has 2 unspecified atom stereocenters. The number of rotatable bonds is 4. The highest BCUT2D eigenvalue weighted by Crippen LogP contribution is 2.55. The van der Waals surface area contributed by atoms with E-state index in [9.17, 15) is 19.8 Å². The van der Waals surface area contributed by atoms with Crippen molar-refractivity contribution < 1.29 is 29.3 Å². The molecule has 0 bridgehead atoms. The average Bonchev–Trinajstić information content (AvgIpc) is 2.84. The van der Waals surface area contributed by atoms with E-state index in [0.29, 0.717) is 58.1 Å². The lowest BCUT2D eigenvalue weighted by Crippen LogP contribution is -2.54. The van der Waals surface area contributed by atoms with Crippen molar-refractivity contribution in [2.24, 2.45) is 5.41 Å². The van der Waals surface area contributed by atoms with Crippen molar-refractivity contribution >= 4 is 11.8 Å². The van der Waals surface area contributed by atoms with E-state index in [2.05, 4.69) is 11.9 Å². The second-order valence-corrected chi connectivity index (χ2v) is 11.5. The molecule has 2 aliphatic heterocycles. The third-order valence-electron chi connectivity index (χ3n) is 7.95. The summed E-state index contributed by atoms with van der Waals surface area (Å²) in [5, 5.41) is 22.2. The molecule has 3 aliphatic rings. The van der Waals surface area contributed by atoms with Crippen LogP contribution in [0, 0.1) is 12.3 Å². The number of pyridine rings is 1. The van der Waals surface area contributed by atoms with Gasteiger partial charge in [-0.2, -0.15) is 0 Å². The van der Waals surface area contributed by atoms with E-state index in [-0.39, 0.29) is 23.2 Å². The van der Waals surface area contributed by atoms with Gasteiger partial charge >= 0.3 is 5.97 Å². The summed E-state index contributed by atoms with van der Waals surface area (Å²) in [5.74, 6) is -0.848. The number of benzene rings is 1. The normalized spacial score (nSPS) is 27.0. The Labute approximate surface area is 222 Å². The smallest absolute Gasteiger partial charge is 0.336 e. The highest BCUT2D eigenvalue weighted by Gasteiger charge is 2.50. The first-order valence-corrected chi connectivity index (χ1v) is 12.7. The van der Waals surface area contributed by atoms with Crippen LogP contribution in [0.1, 0.15) is 61.9 Å². The number of carbonyl (C=O) groups excluding carboxylic acids is 1. The number of ether oxygens (including phenoxy) is 2. The third kappa shape index (κ3) is 4.12. The number of aromatic nitrogens is 1. The summed E-state index contributed by atoms with van der Waals surface area (Å²) in [4.78, 5) is 32.9. The molecule has 3 heterocycles. The molecular weight excluding hydrogens is 484 g/mol. The number of hydrogen-bond donors (Lipinski definition) is 2. The number of Topliss-reactive ketones (excluding diaryl/α,β-unsaturated/α-hetero) is 1. The molecule has 8 heteroatoms. The Bertz CT molecular complexity index is 1390. The van der Waals surface area contributed by atoms with Crippen molar-refractivity contribution in [2.75, 3.05) is 14.2 Å². The maximum absolute atomic E-state index is 13.8. The van der Waals surface area contributed by atoms with Crippen molar-refractivity contribution in [3.63, 3.8) is 0 Å². The van der Waals surface area contributed by atoms with Crippen molar-refractivity contribution in [3.8, 4) is 17.0 Å². The van der Waals surface area contributed by atoms with Crippen LogP contribution in [0.5, 0.6) is 5.75 Å². The summed E-state index contributed by atoms with van der Waals surface area (Å²) in [6.07, 6.45) is 1.60. The number of carboxylic acid groups (broad SMARTS) is 1. The van der Waals surface area contributed by atoms with E-state index in [0.717, 1.165) is 0 Å². The summed E-state index contributed by atoms with van der Waals surface area (Å²) in [6.45, 7) is 10.2. The molecule has 200 valence electrons. The van der Waals surface area contributed by atoms with Crippen LogP contribution in [-0.2, 0) is 9.53 Å². The number of allylic oxidation sites excluding steroid dienone is 2. The van der Waals surface area contributed by atoms with Gasteiger partial charge in [0.05, 0.1) is 18.4 Å². The maximum Gasteiger partial charge on any atom is 0.336 e. The van der Waals surface area contributed by atoms with Crippen LogP contribution in [0.4, 0.5) is 0 Å². The number of ketones is 1. The molecule has 1 aromatic heterocycles. The Kier molecular flexibility index (Phi) is 6.23. The minimum Gasteiger partial charge on any atom is -0.496 e. The lowest BCUT2D eigenvalue weighted by molar-refractivity contribution is -0.119. The number of hydrogen-bond acceptors (Lipinski definition) is 7. The van der Waals surface area contributed by atoms with Crippen LogP contribution in [0.25, 0.3) is 11.3 Å². The molecule has 0 amide bonds. The molecule has 5 rings (SSSR count). The van der Waals surface area contributed by atoms with Gasteiger partial charge in [0.25, 0.3) is 0 Å². The van der Waals surface area contributed by atoms with Crippen LogP contribution >= 0.6 is 0 Å². The minimum atomic E-state index is -1.18. The Hall–Kier alpha value is -3.49. The number of carbonyl (C=O) groups is 2. The summed E-state index contributed by atoms with van der Waals surface area (Å²) < 4.78 is 12.1. The number of methoxy groups -OCH3 is 1. The quantitative estimate of drug-likeness (QED) is 0.561. The van der Waals surface area contributed by atoms with E-state index >= 15 is 0 Å². The van der Waals surface area contributed by atoms with Crippen LogP contribution in [0.15, 0.2) is 59.2 Å². The zero-order valence-electron chi connectivity index (χ0n) is 22.4. The lowest BCUT2D eigenvalue weighted by atomic mass is 9.67. The van der Waals surface area contributed by atoms with Crippen molar-refractivity contribution in [3.05, 3.63) is 77.2 Å². The van der Waals surface area contributed by atoms with Crippen molar-refractivity contribution in [1.29, 1.82) is 0 Å². The van der Waals surface area contributed by atoms with Gasteiger partial charge in [-0.3, -0.25) is 9.78 Å². The van der Waals surface area contributed by atoms with Gasteiger partial charge in [-0.05, 0) is 43.1 Å². The second-order valence-electron chi connectivity index (χ2n) is 11.5. The minimum absolute atomic E-state index is 0.0240. The molecule has 0 saturated heterocycles. The third-order valence-corrected chi connectivity index (χ3v) is 7.95. The molecule has 1 aliphatic carbocycles. The van der Waals surface area contributed by atoms with E-state index in [1.165, 1.54) is 7.11 Å². The fourth-order valence-electron chi connectivity index (χ4n) is 5.95. The molecule has 38 heavy (non-hydrogen) atoms. The van der Waals surface area contributed by atoms with E-state index in [1.54, 1.807) is 48.5 Å². The number of aliphatic hydroxyl groups excluding tert-OH is 1. The van der Waals surface area contributed by atoms with Gasteiger partial charge in [-0.25, -0.2) is 4.79 Å². The standard InChI is InChI=1S/C30H33N2O6/c1-29(2)13-18(33)23-20(14-29)38-21-15-30(3,4)32(5)27(34)25(21)26(23)24-19(37-6)11-10-16(22(24)28(35)36)17-9-7-8-12-31-17/h7-12,26-27,34H,3,13-15H2,1-2,4-6H3,(H,35,36)/q-1/t26-,27?,30?/m1/s1. The highest BCUT2D eigenvalue weighted by molar-refractivity contribution is 6.03. The second kappa shape index (κ2) is 9.06. The van der Waals surface area contributed by atoms with Gasteiger partial charge in [-0.1, -0.05) is 32.4 Å². The zero-order chi connectivity index (χ0) is 27.6.